The van der Waals surface area contributed by atoms with E-state index in [2.05, 4.69) is 32.7 Å². The molecule has 38 heavy (non-hydrogen) atoms. The number of piperidine rings is 1. The average Bonchev–Trinajstić information content (AvgIpc) is 3.46. The molecule has 1 aliphatic rings. The number of rotatable bonds is 6. The number of aliphatic imine (C=N–C) groups is 1. The van der Waals surface area contributed by atoms with E-state index in [1.807, 2.05) is 43.6 Å². The number of aryl methyl sites for hydroxylation is 1. The Morgan fingerprint density at radius 1 is 0.974 bits per heavy atom. The molecule has 5 aromatic rings. The monoisotopic (exact) mass is 506 g/mol. The molecule has 7 nitrogen and oxygen atoms in total. The van der Waals surface area contributed by atoms with Gasteiger partial charge in [0, 0.05) is 47.2 Å². The number of carboxylic acid groups (broad SMARTS) is 1. The lowest BCUT2D eigenvalue weighted by Crippen LogP contribution is -2.28. The molecule has 0 spiro atoms. The fourth-order valence-corrected chi connectivity index (χ4v) is 5.47. The van der Waals surface area contributed by atoms with Crippen LogP contribution in [0.4, 0.5) is 5.69 Å². The molecule has 0 amide bonds. The Bertz CT molecular complexity index is 1690. The summed E-state index contributed by atoms with van der Waals surface area (Å²) in [4.78, 5) is 22.3. The maximum atomic E-state index is 11.7. The Balaban J connectivity index is 1.51. The molecule has 1 fully saturated rings. The van der Waals surface area contributed by atoms with Crippen molar-refractivity contribution in [1.29, 1.82) is 0 Å². The highest BCUT2D eigenvalue weighted by atomic mass is 16.4. The topological polar surface area (TPSA) is 93.9 Å². The van der Waals surface area contributed by atoms with E-state index in [4.69, 9.17) is 4.99 Å². The van der Waals surface area contributed by atoms with Gasteiger partial charge in [0.15, 0.2) is 5.88 Å². The van der Waals surface area contributed by atoms with Crippen LogP contribution in [0.3, 0.4) is 0 Å². The number of benzene rings is 3. The van der Waals surface area contributed by atoms with E-state index in [1.165, 1.54) is 30.9 Å². The van der Waals surface area contributed by atoms with E-state index in [-0.39, 0.29) is 11.4 Å². The highest BCUT2D eigenvalue weighted by molar-refractivity contribution is 6.23. The summed E-state index contributed by atoms with van der Waals surface area (Å²) in [5.41, 5.74) is 5.77. The molecule has 192 valence electrons. The van der Waals surface area contributed by atoms with Gasteiger partial charge in [-0.2, -0.15) is 0 Å². The van der Waals surface area contributed by atoms with Gasteiger partial charge in [0.05, 0.1) is 22.5 Å². The molecule has 3 aromatic carbocycles. The molecule has 0 aliphatic carbocycles. The lowest BCUT2D eigenvalue weighted by atomic mass is 9.98. The summed E-state index contributed by atoms with van der Waals surface area (Å²) in [5, 5.41) is 22.3. The van der Waals surface area contributed by atoms with Gasteiger partial charge in [0.1, 0.15) is 0 Å². The first-order chi connectivity index (χ1) is 18.5. The van der Waals surface area contributed by atoms with E-state index in [1.54, 1.807) is 12.1 Å². The Kier molecular flexibility index (Phi) is 6.21. The van der Waals surface area contributed by atoms with E-state index < -0.39 is 5.97 Å². The van der Waals surface area contributed by atoms with Crippen LogP contribution in [0.25, 0.3) is 21.8 Å². The predicted octanol–water partition coefficient (Wildman–Crippen LogP) is 6.22. The van der Waals surface area contributed by atoms with E-state index in [0.29, 0.717) is 22.2 Å². The zero-order chi connectivity index (χ0) is 26.2. The van der Waals surface area contributed by atoms with Crippen molar-refractivity contribution in [3.8, 4) is 5.88 Å². The lowest BCUT2D eigenvalue weighted by molar-refractivity contribution is 0.0697. The third-order valence-corrected chi connectivity index (χ3v) is 7.43. The van der Waals surface area contributed by atoms with E-state index >= 15 is 0 Å². The van der Waals surface area contributed by atoms with Crippen molar-refractivity contribution in [2.24, 2.45) is 12.0 Å². The first kappa shape index (κ1) is 24.0. The molecular formula is C31H30N4O3. The van der Waals surface area contributed by atoms with E-state index in [9.17, 15) is 15.0 Å². The number of likely N-dealkylation sites (tertiary alicyclic amines) is 1. The largest absolute Gasteiger partial charge is 0.494 e. The highest BCUT2D eigenvalue weighted by Gasteiger charge is 2.21. The van der Waals surface area contributed by atoms with Gasteiger partial charge >= 0.3 is 5.97 Å². The highest BCUT2D eigenvalue weighted by Crippen LogP contribution is 2.33. The predicted molar refractivity (Wildman–Crippen MR) is 151 cm³/mol. The Morgan fingerprint density at radius 2 is 1.79 bits per heavy atom. The molecule has 1 aliphatic heterocycles. The number of nitrogens with zero attached hydrogens (tertiary/aromatic N) is 3. The molecule has 2 aromatic heterocycles. The van der Waals surface area contributed by atoms with Crippen LogP contribution >= 0.6 is 0 Å². The fraction of sp³-hybridized carbons (Fsp3) is 0.226. The van der Waals surface area contributed by atoms with Crippen LogP contribution in [-0.4, -0.2) is 49.4 Å². The van der Waals surface area contributed by atoms with Gasteiger partial charge in [0.2, 0.25) is 0 Å². The number of aromatic nitrogens is 2. The summed E-state index contributed by atoms with van der Waals surface area (Å²) in [6, 6.07) is 21.2. The molecule has 3 N–H and O–H groups in total. The summed E-state index contributed by atoms with van der Waals surface area (Å²) >= 11 is 0. The third kappa shape index (κ3) is 4.57. The number of carbonyl (C=O) groups is 1. The zero-order valence-corrected chi connectivity index (χ0v) is 21.3. The molecule has 0 saturated carbocycles. The molecule has 0 bridgehead atoms. The van der Waals surface area contributed by atoms with Crippen molar-refractivity contribution in [3.05, 3.63) is 95.2 Å². The van der Waals surface area contributed by atoms with Crippen LogP contribution < -0.4 is 0 Å². The van der Waals surface area contributed by atoms with Crippen molar-refractivity contribution >= 4 is 39.2 Å². The molecule has 6 rings (SSSR count). The first-order valence-corrected chi connectivity index (χ1v) is 13.0. The fourth-order valence-electron chi connectivity index (χ4n) is 5.47. The van der Waals surface area contributed by atoms with Gasteiger partial charge < -0.3 is 19.8 Å². The number of nitrogens with one attached hydrogen (secondary N) is 1. The minimum atomic E-state index is -1.02. The SMILES string of the molecule is Cn1ccc2cc(C(=Nc3cccc(CN4CCCCC4)c3)c3c(O)[nH]c4ccc(C(=O)O)cc34)ccc21. The van der Waals surface area contributed by atoms with Crippen LogP contribution in [0.15, 0.2) is 77.9 Å². The Labute approximate surface area is 220 Å². The van der Waals surface area contributed by atoms with Crippen LogP contribution in [0, 0.1) is 0 Å². The van der Waals surface area contributed by atoms with Gasteiger partial charge in [-0.15, -0.1) is 0 Å². The maximum Gasteiger partial charge on any atom is 0.335 e. The lowest BCUT2D eigenvalue weighted by Gasteiger charge is -2.26. The Hall–Kier alpha value is -4.36. The van der Waals surface area contributed by atoms with Crippen LogP contribution in [0.5, 0.6) is 5.88 Å². The summed E-state index contributed by atoms with van der Waals surface area (Å²) in [7, 11) is 2.00. The Morgan fingerprint density at radius 3 is 2.61 bits per heavy atom. The third-order valence-electron chi connectivity index (χ3n) is 7.43. The number of aromatic carboxylic acids is 1. The summed E-state index contributed by atoms with van der Waals surface area (Å²) in [5.74, 6) is -1.06. The first-order valence-electron chi connectivity index (χ1n) is 13.0. The number of aromatic amines is 1. The summed E-state index contributed by atoms with van der Waals surface area (Å²) in [6.07, 6.45) is 5.79. The van der Waals surface area contributed by atoms with Crippen molar-refractivity contribution in [2.75, 3.05) is 13.1 Å². The minimum Gasteiger partial charge on any atom is -0.494 e. The average molecular weight is 507 g/mol. The number of hydrogen-bond donors (Lipinski definition) is 3. The molecule has 1 saturated heterocycles. The van der Waals surface area contributed by atoms with Crippen LogP contribution in [-0.2, 0) is 13.6 Å². The second-order valence-electron chi connectivity index (χ2n) is 10.1. The van der Waals surface area contributed by atoms with Crippen molar-refractivity contribution in [3.63, 3.8) is 0 Å². The molecule has 0 unspecified atom stereocenters. The van der Waals surface area contributed by atoms with Crippen molar-refractivity contribution in [2.45, 2.75) is 25.8 Å². The normalized spacial score (nSPS) is 14.9. The van der Waals surface area contributed by atoms with Crippen LogP contribution in [0.2, 0.25) is 0 Å². The standard InChI is InChI=1S/C31H30N4O3/c1-34-15-12-21-17-22(9-11-27(21)34)29(28-25-18-23(31(37)38)8-10-26(25)33-30(28)36)32-24-7-5-6-20(16-24)19-35-13-3-2-4-14-35/h5-12,15-18,33,36H,2-4,13-14,19H2,1H3,(H,37,38). The van der Waals surface area contributed by atoms with Gasteiger partial charge in [-0.25, -0.2) is 9.79 Å². The number of carboxylic acids is 1. The number of fused-ring (bicyclic) bond motifs is 2. The summed E-state index contributed by atoms with van der Waals surface area (Å²) < 4.78 is 2.06. The van der Waals surface area contributed by atoms with E-state index in [0.717, 1.165) is 41.8 Å². The minimum absolute atomic E-state index is 0.0427. The molecule has 3 heterocycles. The second kappa shape index (κ2) is 9.84. The number of H-pyrrole nitrogens is 1. The maximum absolute atomic E-state index is 11.7. The van der Waals surface area contributed by atoms with Crippen molar-refractivity contribution in [1.82, 2.24) is 14.5 Å². The van der Waals surface area contributed by atoms with Gasteiger partial charge in [-0.1, -0.05) is 24.6 Å². The van der Waals surface area contributed by atoms with Crippen molar-refractivity contribution < 1.29 is 15.0 Å². The zero-order valence-electron chi connectivity index (χ0n) is 21.3. The molecule has 7 heteroatoms. The van der Waals surface area contributed by atoms with Crippen LogP contribution in [0.1, 0.15) is 46.3 Å². The number of aromatic hydroxyl groups is 1. The van der Waals surface area contributed by atoms with Gasteiger partial charge in [-0.05, 0) is 80.0 Å². The van der Waals surface area contributed by atoms with Gasteiger partial charge in [0.25, 0.3) is 0 Å². The number of hydrogen-bond acceptors (Lipinski definition) is 4. The smallest absolute Gasteiger partial charge is 0.335 e. The molecular weight excluding hydrogens is 476 g/mol. The second-order valence-corrected chi connectivity index (χ2v) is 10.1. The quantitative estimate of drug-likeness (QED) is 0.238. The molecule has 0 atom stereocenters. The summed E-state index contributed by atoms with van der Waals surface area (Å²) in [6.45, 7) is 3.12. The molecule has 0 radical (unpaired) electrons. The van der Waals surface area contributed by atoms with Gasteiger partial charge in [-0.3, -0.25) is 4.90 Å².